The Morgan fingerprint density at radius 3 is 2.07 bits per heavy atom. The molecule has 0 saturated carbocycles. The molecule has 0 bridgehead atoms. The summed E-state index contributed by atoms with van der Waals surface area (Å²) in [7, 11) is 0. The summed E-state index contributed by atoms with van der Waals surface area (Å²) in [5.74, 6) is -1.62. The highest BCUT2D eigenvalue weighted by Crippen LogP contribution is 2.46. The van der Waals surface area contributed by atoms with E-state index in [-0.39, 0.29) is 6.61 Å². The number of benzene rings is 2. The first-order valence-corrected chi connectivity index (χ1v) is 14.2. The molecule has 0 spiro atoms. The Kier molecular flexibility index (Phi) is 10.4. The lowest BCUT2D eigenvalue weighted by atomic mass is 9.88. The summed E-state index contributed by atoms with van der Waals surface area (Å²) in [4.78, 5) is 45.9. The van der Waals surface area contributed by atoms with Crippen LogP contribution in [0.2, 0.25) is 10.0 Å². The van der Waals surface area contributed by atoms with Crippen LogP contribution in [0.25, 0.3) is 0 Å². The molecule has 4 rings (SSSR count). The van der Waals surface area contributed by atoms with Crippen molar-refractivity contribution < 1.29 is 28.6 Å². The molecule has 1 aliphatic heterocycles. The van der Waals surface area contributed by atoms with Crippen molar-refractivity contribution in [2.24, 2.45) is 0 Å². The zero-order chi connectivity index (χ0) is 29.5. The third-order valence-electron chi connectivity index (χ3n) is 6.85. The summed E-state index contributed by atoms with van der Waals surface area (Å²) in [6, 6.07) is 15.8. The van der Waals surface area contributed by atoms with Crippen molar-refractivity contribution in [1.29, 1.82) is 0 Å². The maximum atomic E-state index is 14.6. The fourth-order valence-electron chi connectivity index (χ4n) is 5.10. The van der Waals surface area contributed by atoms with E-state index >= 15 is 0 Å². The average molecular weight is 600 g/mol. The van der Waals surface area contributed by atoms with Gasteiger partial charge < -0.3 is 19.1 Å². The minimum Gasteiger partial charge on any atom is -0.464 e. The third kappa shape index (κ3) is 7.07. The topological polar surface area (TPSA) is 95.0 Å². The van der Waals surface area contributed by atoms with Crippen LogP contribution in [0.15, 0.2) is 73.1 Å². The normalized spacial score (nSPS) is 20.3. The molecule has 2 unspecified atom stereocenters. The molecule has 0 radical (unpaired) electrons. The van der Waals surface area contributed by atoms with Crippen molar-refractivity contribution in [1.82, 2.24) is 9.88 Å². The molecule has 10 heteroatoms. The molecule has 5 atom stereocenters. The number of morpholine rings is 1. The Balaban J connectivity index is 1.94. The second kappa shape index (κ2) is 13.9. The van der Waals surface area contributed by atoms with E-state index in [1.165, 1.54) is 11.8 Å². The molecule has 0 aliphatic carbocycles. The van der Waals surface area contributed by atoms with Gasteiger partial charge >= 0.3 is 11.9 Å². The molecular formula is C31H32Cl2N2O6. The van der Waals surface area contributed by atoms with Crippen molar-refractivity contribution in [2.75, 3.05) is 6.61 Å². The van der Waals surface area contributed by atoms with Gasteiger partial charge in [0.15, 0.2) is 12.2 Å². The summed E-state index contributed by atoms with van der Waals surface area (Å²) in [6.45, 7) is 5.07. The number of esters is 2. The first-order valence-electron chi connectivity index (χ1n) is 13.5. The van der Waals surface area contributed by atoms with Crippen LogP contribution < -0.4 is 0 Å². The first kappa shape index (κ1) is 30.5. The van der Waals surface area contributed by atoms with Crippen LogP contribution in [0.3, 0.4) is 0 Å². The lowest BCUT2D eigenvalue weighted by Crippen LogP contribution is -2.58. The van der Waals surface area contributed by atoms with Gasteiger partial charge in [0.1, 0.15) is 12.1 Å². The monoisotopic (exact) mass is 598 g/mol. The van der Waals surface area contributed by atoms with Crippen LogP contribution in [0.4, 0.5) is 0 Å². The number of halogens is 2. The van der Waals surface area contributed by atoms with Gasteiger partial charge in [-0.1, -0.05) is 60.8 Å². The molecule has 216 valence electrons. The standard InChI is InChI=1S/C31H32Cl2N2O6/c1-4-6-25(31(38)39-5-2)35-26(20-7-11-23(32)12-8-20)27(21-9-13-24(33)14-10-21)41-29(30(35)37)28(40-19(3)36)22-15-17-34-18-16-22/h7-18,25-29H,4-6H2,1-3H3/t25-,26?,27+,28?,29+/m0/s1. The average Bonchev–Trinajstić information content (AvgIpc) is 2.96. The molecule has 2 heterocycles. The van der Waals surface area contributed by atoms with Crippen LogP contribution in [-0.2, 0) is 28.6 Å². The molecule has 1 fully saturated rings. The molecule has 0 N–H and O–H groups in total. The SMILES string of the molecule is CCC[C@@H](C(=O)OCC)N1C(=O)[C@@H](C(OC(C)=O)c2ccncc2)O[C@H](c2ccc(Cl)cc2)C1c1ccc(Cl)cc1. The minimum absolute atomic E-state index is 0.153. The first-order chi connectivity index (χ1) is 19.7. The number of pyridine rings is 1. The van der Waals surface area contributed by atoms with Gasteiger partial charge in [0.2, 0.25) is 0 Å². The van der Waals surface area contributed by atoms with Crippen LogP contribution in [0.1, 0.15) is 68.6 Å². The van der Waals surface area contributed by atoms with Crippen molar-refractivity contribution >= 4 is 41.0 Å². The fourth-order valence-corrected chi connectivity index (χ4v) is 5.35. The lowest BCUT2D eigenvalue weighted by Gasteiger charge is -2.48. The molecule has 1 saturated heterocycles. The summed E-state index contributed by atoms with van der Waals surface area (Å²) in [6.07, 6.45) is 0.892. The lowest BCUT2D eigenvalue weighted by molar-refractivity contribution is -0.203. The van der Waals surface area contributed by atoms with Crippen molar-refractivity contribution in [3.63, 3.8) is 0 Å². The van der Waals surface area contributed by atoms with E-state index in [2.05, 4.69) is 4.98 Å². The van der Waals surface area contributed by atoms with E-state index in [4.69, 9.17) is 37.4 Å². The number of rotatable bonds is 10. The number of aromatic nitrogens is 1. The molecule has 1 amide bonds. The highest BCUT2D eigenvalue weighted by atomic mass is 35.5. The zero-order valence-electron chi connectivity index (χ0n) is 23.0. The zero-order valence-corrected chi connectivity index (χ0v) is 24.5. The summed E-state index contributed by atoms with van der Waals surface area (Å²) in [5.41, 5.74) is 1.95. The Hall–Kier alpha value is -3.46. The minimum atomic E-state index is -1.28. The van der Waals surface area contributed by atoms with Crippen molar-refractivity contribution in [2.45, 2.75) is 64.0 Å². The number of hydrogen-bond acceptors (Lipinski definition) is 7. The Labute approximate surface area is 249 Å². The van der Waals surface area contributed by atoms with E-state index in [1.54, 1.807) is 67.8 Å². The third-order valence-corrected chi connectivity index (χ3v) is 7.35. The number of carbonyl (C=O) groups is 3. The molecule has 2 aromatic carbocycles. The van der Waals surface area contributed by atoms with Crippen LogP contribution >= 0.6 is 23.2 Å². The molecule has 1 aromatic heterocycles. The predicted octanol–water partition coefficient (Wildman–Crippen LogP) is 6.43. The highest BCUT2D eigenvalue weighted by Gasteiger charge is 2.52. The molecular weight excluding hydrogens is 567 g/mol. The second-order valence-electron chi connectivity index (χ2n) is 9.64. The van der Waals surface area contributed by atoms with Gasteiger partial charge in [0.05, 0.1) is 12.6 Å². The van der Waals surface area contributed by atoms with Crippen LogP contribution in [-0.4, -0.2) is 46.5 Å². The Morgan fingerprint density at radius 1 is 0.951 bits per heavy atom. The van der Waals surface area contributed by atoms with Gasteiger partial charge in [-0.05, 0) is 66.4 Å². The molecule has 3 aromatic rings. The van der Waals surface area contributed by atoms with Gasteiger partial charge in [-0.25, -0.2) is 4.79 Å². The van der Waals surface area contributed by atoms with E-state index in [9.17, 15) is 14.4 Å². The van der Waals surface area contributed by atoms with Gasteiger partial charge in [-0.2, -0.15) is 0 Å². The molecule has 8 nitrogen and oxygen atoms in total. The van der Waals surface area contributed by atoms with Crippen molar-refractivity contribution in [3.8, 4) is 0 Å². The summed E-state index contributed by atoms with van der Waals surface area (Å²) in [5, 5.41) is 1.05. The predicted molar refractivity (Wildman–Crippen MR) is 154 cm³/mol. The number of nitrogens with zero attached hydrogens (tertiary/aromatic N) is 2. The van der Waals surface area contributed by atoms with E-state index in [1.807, 2.05) is 19.1 Å². The van der Waals surface area contributed by atoms with E-state index < -0.39 is 48.2 Å². The van der Waals surface area contributed by atoms with Gasteiger partial charge in [-0.3, -0.25) is 14.6 Å². The van der Waals surface area contributed by atoms with Crippen LogP contribution in [0.5, 0.6) is 0 Å². The summed E-state index contributed by atoms with van der Waals surface area (Å²) < 4.78 is 17.8. The number of carbonyl (C=O) groups excluding carboxylic acids is 3. The largest absolute Gasteiger partial charge is 0.464 e. The van der Waals surface area contributed by atoms with Gasteiger partial charge in [0, 0.05) is 29.4 Å². The quantitative estimate of drug-likeness (QED) is 0.248. The van der Waals surface area contributed by atoms with Crippen molar-refractivity contribution in [3.05, 3.63) is 99.8 Å². The number of ether oxygens (including phenoxy) is 3. The maximum Gasteiger partial charge on any atom is 0.328 e. The molecule has 1 aliphatic rings. The van der Waals surface area contributed by atoms with Crippen LogP contribution in [0, 0.1) is 0 Å². The van der Waals surface area contributed by atoms with Gasteiger partial charge in [0.25, 0.3) is 5.91 Å². The number of amides is 1. The molecule has 41 heavy (non-hydrogen) atoms. The van der Waals surface area contributed by atoms with E-state index in [0.29, 0.717) is 39.6 Å². The second-order valence-corrected chi connectivity index (χ2v) is 10.5. The Bertz CT molecular complexity index is 1340. The summed E-state index contributed by atoms with van der Waals surface area (Å²) >= 11 is 12.4. The van der Waals surface area contributed by atoms with E-state index in [0.717, 1.165) is 0 Å². The number of hydrogen-bond donors (Lipinski definition) is 0. The smallest absolute Gasteiger partial charge is 0.328 e. The Morgan fingerprint density at radius 2 is 1.54 bits per heavy atom. The highest BCUT2D eigenvalue weighted by molar-refractivity contribution is 6.30. The maximum absolute atomic E-state index is 14.6. The fraction of sp³-hybridized carbons (Fsp3) is 0.355. The van der Waals surface area contributed by atoms with Gasteiger partial charge in [-0.15, -0.1) is 0 Å².